The normalized spacial score (nSPS) is 28.0. The Hall–Kier alpha value is -1.40. The van der Waals surface area contributed by atoms with E-state index in [1.165, 1.54) is 0 Å². The molecule has 0 aromatic heterocycles. The van der Waals surface area contributed by atoms with Crippen LogP contribution in [0.3, 0.4) is 0 Å². The van der Waals surface area contributed by atoms with Crippen molar-refractivity contribution in [3.05, 3.63) is 29.3 Å². The summed E-state index contributed by atoms with van der Waals surface area (Å²) in [6, 6.07) is 5.83. The number of fused-ring (bicyclic) bond motifs is 1. The van der Waals surface area contributed by atoms with Crippen molar-refractivity contribution in [3.8, 4) is 0 Å². The summed E-state index contributed by atoms with van der Waals surface area (Å²) in [5.74, 6) is 0.207. The number of piperazine rings is 1. The number of carbonyl (C=O) groups excluding carboxylic acids is 1. The highest BCUT2D eigenvalue weighted by Gasteiger charge is 2.50. The third-order valence-electron chi connectivity index (χ3n) is 5.28. The van der Waals surface area contributed by atoms with Gasteiger partial charge in [0, 0.05) is 17.8 Å². The van der Waals surface area contributed by atoms with E-state index in [2.05, 4.69) is 24.8 Å². The quantitative estimate of drug-likeness (QED) is 0.836. The smallest absolute Gasteiger partial charge is 0.241 e. The SMILES string of the molecule is CC[C@H](C)N1CC(=O)N(c2cc(C)cc(C)c2)[C@@H]2CS(=O)(=O)C[C@@H]21. The predicted octanol–water partition coefficient (Wildman–Crippen LogP) is 1.92. The van der Waals surface area contributed by atoms with E-state index in [9.17, 15) is 13.2 Å². The molecule has 1 aromatic rings. The molecule has 24 heavy (non-hydrogen) atoms. The standard InChI is InChI=1S/C18H26N2O3S/c1-5-14(4)19-9-18(21)20(15-7-12(2)6-13(3)8-15)17-11-24(22,23)10-16(17)19/h6-8,14,16-17H,5,9-11H2,1-4H3/t14-,16-,17+/m0/s1. The summed E-state index contributed by atoms with van der Waals surface area (Å²) in [6.07, 6.45) is 0.903. The molecule has 2 fully saturated rings. The first kappa shape index (κ1) is 17.4. The summed E-state index contributed by atoms with van der Waals surface area (Å²) >= 11 is 0. The van der Waals surface area contributed by atoms with Gasteiger partial charge in [-0.2, -0.15) is 0 Å². The summed E-state index contributed by atoms with van der Waals surface area (Å²) in [4.78, 5) is 16.7. The van der Waals surface area contributed by atoms with Gasteiger partial charge in [-0.3, -0.25) is 9.69 Å². The first-order valence-electron chi connectivity index (χ1n) is 8.58. The number of carbonyl (C=O) groups is 1. The maximum Gasteiger partial charge on any atom is 0.241 e. The van der Waals surface area contributed by atoms with E-state index in [0.717, 1.165) is 23.2 Å². The molecule has 0 saturated carbocycles. The highest BCUT2D eigenvalue weighted by Crippen LogP contribution is 2.33. The fraction of sp³-hybridized carbons (Fsp3) is 0.611. The van der Waals surface area contributed by atoms with Crippen LogP contribution in [0.5, 0.6) is 0 Å². The van der Waals surface area contributed by atoms with Gasteiger partial charge in [0.05, 0.1) is 24.1 Å². The summed E-state index contributed by atoms with van der Waals surface area (Å²) in [5, 5.41) is 0. The molecule has 0 aliphatic carbocycles. The summed E-state index contributed by atoms with van der Waals surface area (Å²) in [6.45, 7) is 8.43. The average molecular weight is 350 g/mol. The van der Waals surface area contributed by atoms with Gasteiger partial charge in [0.25, 0.3) is 0 Å². The van der Waals surface area contributed by atoms with Gasteiger partial charge >= 0.3 is 0 Å². The van der Waals surface area contributed by atoms with Crippen LogP contribution in [0.25, 0.3) is 0 Å². The summed E-state index contributed by atoms with van der Waals surface area (Å²) in [7, 11) is -3.12. The Balaban J connectivity index is 2.04. The van der Waals surface area contributed by atoms with E-state index in [0.29, 0.717) is 6.54 Å². The fourth-order valence-corrected chi connectivity index (χ4v) is 6.01. The van der Waals surface area contributed by atoms with E-state index in [4.69, 9.17) is 0 Å². The number of amides is 1. The minimum Gasteiger partial charge on any atom is -0.306 e. The first-order chi connectivity index (χ1) is 11.2. The second-order valence-corrected chi connectivity index (χ2v) is 9.40. The minimum absolute atomic E-state index is 0.00125. The summed E-state index contributed by atoms with van der Waals surface area (Å²) in [5.41, 5.74) is 2.99. The number of sulfone groups is 1. The molecule has 2 aliphatic heterocycles. The Bertz CT molecular complexity index is 739. The van der Waals surface area contributed by atoms with Crippen LogP contribution < -0.4 is 4.90 Å². The molecule has 2 aliphatic rings. The van der Waals surface area contributed by atoms with Crippen LogP contribution in [-0.4, -0.2) is 55.4 Å². The van der Waals surface area contributed by atoms with Gasteiger partial charge in [-0.15, -0.1) is 0 Å². The van der Waals surface area contributed by atoms with Crippen molar-refractivity contribution < 1.29 is 13.2 Å². The highest BCUT2D eigenvalue weighted by molar-refractivity contribution is 7.91. The first-order valence-corrected chi connectivity index (χ1v) is 10.4. The second-order valence-electron chi connectivity index (χ2n) is 7.25. The Labute approximate surface area is 144 Å². The van der Waals surface area contributed by atoms with Crippen molar-refractivity contribution in [3.63, 3.8) is 0 Å². The third-order valence-corrected chi connectivity index (χ3v) is 6.98. The Morgan fingerprint density at radius 2 is 1.71 bits per heavy atom. The number of hydrogen-bond acceptors (Lipinski definition) is 4. The molecule has 6 heteroatoms. The number of aryl methyl sites for hydroxylation is 2. The maximum absolute atomic E-state index is 12.9. The largest absolute Gasteiger partial charge is 0.306 e. The predicted molar refractivity (Wildman–Crippen MR) is 96.1 cm³/mol. The molecule has 0 unspecified atom stereocenters. The van der Waals surface area contributed by atoms with Gasteiger partial charge in [0.15, 0.2) is 9.84 Å². The molecular weight excluding hydrogens is 324 g/mol. The Morgan fingerprint density at radius 1 is 1.12 bits per heavy atom. The van der Waals surface area contributed by atoms with E-state index in [-0.39, 0.29) is 35.5 Å². The Morgan fingerprint density at radius 3 is 2.29 bits per heavy atom. The average Bonchev–Trinajstić information content (AvgIpc) is 2.79. The zero-order chi connectivity index (χ0) is 17.6. The van der Waals surface area contributed by atoms with Crippen LogP contribution >= 0.6 is 0 Å². The molecule has 5 nitrogen and oxygen atoms in total. The topological polar surface area (TPSA) is 57.7 Å². The lowest BCUT2D eigenvalue weighted by atomic mass is 9.99. The zero-order valence-corrected chi connectivity index (χ0v) is 15.6. The van der Waals surface area contributed by atoms with Crippen molar-refractivity contribution in [1.29, 1.82) is 0 Å². The molecule has 0 N–H and O–H groups in total. The molecule has 2 heterocycles. The highest BCUT2D eigenvalue weighted by atomic mass is 32.2. The van der Waals surface area contributed by atoms with Crippen LogP contribution in [0.15, 0.2) is 18.2 Å². The molecular formula is C18H26N2O3S. The molecule has 2 saturated heterocycles. The van der Waals surface area contributed by atoms with E-state index in [1.807, 2.05) is 26.0 Å². The molecule has 0 radical (unpaired) electrons. The van der Waals surface area contributed by atoms with Crippen LogP contribution in [0.4, 0.5) is 5.69 Å². The molecule has 1 amide bonds. The molecule has 3 atom stereocenters. The van der Waals surface area contributed by atoms with Crippen LogP contribution in [0.2, 0.25) is 0 Å². The van der Waals surface area contributed by atoms with Crippen molar-refractivity contribution in [1.82, 2.24) is 4.90 Å². The molecule has 0 bridgehead atoms. The molecule has 3 rings (SSSR count). The third kappa shape index (κ3) is 3.09. The lowest BCUT2D eigenvalue weighted by Crippen LogP contribution is -2.63. The molecule has 132 valence electrons. The van der Waals surface area contributed by atoms with Crippen molar-refractivity contribution >= 4 is 21.4 Å². The molecule has 1 aromatic carbocycles. The van der Waals surface area contributed by atoms with Crippen molar-refractivity contribution in [2.24, 2.45) is 0 Å². The number of benzene rings is 1. The van der Waals surface area contributed by atoms with Gasteiger partial charge in [0.1, 0.15) is 0 Å². The summed E-state index contributed by atoms with van der Waals surface area (Å²) < 4.78 is 24.6. The van der Waals surface area contributed by atoms with Gasteiger partial charge < -0.3 is 4.90 Å². The number of nitrogens with zero attached hydrogens (tertiary/aromatic N) is 2. The second kappa shape index (κ2) is 6.15. The van der Waals surface area contributed by atoms with Crippen LogP contribution in [0, 0.1) is 13.8 Å². The number of hydrogen-bond donors (Lipinski definition) is 0. The number of anilines is 1. The van der Waals surface area contributed by atoms with Crippen molar-refractivity contribution in [2.75, 3.05) is 23.0 Å². The monoisotopic (exact) mass is 350 g/mol. The van der Waals surface area contributed by atoms with Gasteiger partial charge in [-0.25, -0.2) is 8.42 Å². The van der Waals surface area contributed by atoms with Gasteiger partial charge in [0.2, 0.25) is 5.91 Å². The van der Waals surface area contributed by atoms with Crippen LogP contribution in [-0.2, 0) is 14.6 Å². The van der Waals surface area contributed by atoms with Crippen molar-refractivity contribution in [2.45, 2.75) is 52.2 Å². The lowest BCUT2D eigenvalue weighted by Gasteiger charge is -2.45. The molecule has 0 spiro atoms. The minimum atomic E-state index is -3.12. The Kier molecular flexibility index (Phi) is 4.47. The fourth-order valence-electron chi connectivity index (χ4n) is 4.05. The lowest BCUT2D eigenvalue weighted by molar-refractivity contribution is -0.124. The maximum atomic E-state index is 12.9. The van der Waals surface area contributed by atoms with E-state index in [1.54, 1.807) is 4.90 Å². The van der Waals surface area contributed by atoms with E-state index < -0.39 is 9.84 Å². The van der Waals surface area contributed by atoms with Gasteiger partial charge in [-0.1, -0.05) is 13.0 Å². The number of rotatable bonds is 3. The van der Waals surface area contributed by atoms with Gasteiger partial charge in [-0.05, 0) is 50.5 Å². The van der Waals surface area contributed by atoms with E-state index >= 15 is 0 Å². The zero-order valence-electron chi connectivity index (χ0n) is 14.8. The van der Waals surface area contributed by atoms with Crippen LogP contribution in [0.1, 0.15) is 31.4 Å².